The number of unbranched alkanes of at least 4 members (excludes halogenated alkanes) is 2. The van der Waals surface area contributed by atoms with Gasteiger partial charge in [0.25, 0.3) is 0 Å². The molecule has 7 atom stereocenters. The molecule has 0 radical (unpaired) electrons. The van der Waals surface area contributed by atoms with Crippen LogP contribution in [0.3, 0.4) is 0 Å². The van der Waals surface area contributed by atoms with Crippen molar-refractivity contribution in [3.8, 4) is 0 Å². The molecule has 0 aromatic heterocycles. The highest BCUT2D eigenvalue weighted by molar-refractivity contribution is 8.02. The molecule has 3 aliphatic heterocycles. The number of nitrogens with zero attached hydrogens (tertiary/aromatic N) is 1. The van der Waals surface area contributed by atoms with Gasteiger partial charge < -0.3 is 20.6 Å². The summed E-state index contributed by atoms with van der Waals surface area (Å²) >= 11 is 1.73. The Morgan fingerprint density at radius 1 is 1.22 bits per heavy atom. The van der Waals surface area contributed by atoms with E-state index >= 15 is 0 Å². The summed E-state index contributed by atoms with van der Waals surface area (Å²) in [6.07, 6.45) is 5.85. The molecule has 1 spiro atoms. The highest BCUT2D eigenvalue weighted by Gasteiger charge is 2.75. The quantitative estimate of drug-likeness (QED) is 0.383. The molecule has 3 saturated heterocycles. The van der Waals surface area contributed by atoms with Crippen LogP contribution in [0.25, 0.3) is 0 Å². The molecule has 0 aliphatic carbocycles. The van der Waals surface area contributed by atoms with Crippen molar-refractivity contribution in [2.75, 3.05) is 19.7 Å². The molecule has 0 aromatic rings. The van der Waals surface area contributed by atoms with Crippen LogP contribution in [0.2, 0.25) is 0 Å². The summed E-state index contributed by atoms with van der Waals surface area (Å²) in [6, 6.07) is -0.487. The van der Waals surface area contributed by atoms with Gasteiger partial charge in [-0.25, -0.2) is 0 Å². The van der Waals surface area contributed by atoms with Crippen LogP contribution in [-0.4, -0.2) is 69.5 Å². The lowest BCUT2D eigenvalue weighted by Crippen LogP contribution is -2.57. The molecule has 8 heteroatoms. The van der Waals surface area contributed by atoms with Gasteiger partial charge >= 0.3 is 0 Å². The zero-order valence-corrected chi connectivity index (χ0v) is 20.9. The first kappa shape index (κ1) is 25.3. The van der Waals surface area contributed by atoms with Gasteiger partial charge in [-0.15, -0.1) is 11.8 Å². The largest absolute Gasteiger partial charge is 0.396 e. The van der Waals surface area contributed by atoms with Crippen LogP contribution in [0.1, 0.15) is 72.6 Å². The molecule has 3 amide bonds. The standard InChI is InChI=1S/C24H41N3O4S/c1-5-10-16(4)26-22(30)20-24-15(3)14-17(32-24)18(21(29)25-11-6-2)19(24)23(31)27(20)12-8-7-9-13-28/h15-20,28H,5-14H2,1-4H3,(H,25,29)(H,26,30)/t15?,16?,17-,18+,19+,20?,24?/m1/s1. The van der Waals surface area contributed by atoms with E-state index in [2.05, 4.69) is 24.5 Å². The summed E-state index contributed by atoms with van der Waals surface area (Å²) < 4.78 is -0.539. The maximum absolute atomic E-state index is 13.8. The highest BCUT2D eigenvalue weighted by atomic mass is 32.2. The van der Waals surface area contributed by atoms with E-state index < -0.39 is 16.7 Å². The topological polar surface area (TPSA) is 98.7 Å². The second kappa shape index (κ2) is 10.8. The van der Waals surface area contributed by atoms with Gasteiger partial charge in [-0.05, 0) is 51.4 Å². The van der Waals surface area contributed by atoms with Crippen molar-refractivity contribution in [1.82, 2.24) is 15.5 Å². The minimum Gasteiger partial charge on any atom is -0.396 e. The van der Waals surface area contributed by atoms with Crippen molar-refractivity contribution in [3.05, 3.63) is 0 Å². The van der Waals surface area contributed by atoms with E-state index in [4.69, 9.17) is 5.11 Å². The minimum absolute atomic E-state index is 0.0304. The Morgan fingerprint density at radius 2 is 1.97 bits per heavy atom. The fourth-order valence-corrected chi connectivity index (χ4v) is 8.55. The first-order valence-electron chi connectivity index (χ1n) is 12.5. The summed E-state index contributed by atoms with van der Waals surface area (Å²) in [7, 11) is 0. The number of aliphatic hydroxyl groups excluding tert-OH is 1. The summed E-state index contributed by atoms with van der Waals surface area (Å²) in [4.78, 5) is 42.3. The molecule has 0 saturated carbocycles. The van der Waals surface area contributed by atoms with E-state index in [1.54, 1.807) is 16.7 Å². The smallest absolute Gasteiger partial charge is 0.244 e. The Kier molecular flexibility index (Phi) is 8.53. The molecule has 0 aromatic carbocycles. The van der Waals surface area contributed by atoms with E-state index in [9.17, 15) is 14.4 Å². The van der Waals surface area contributed by atoms with Crippen molar-refractivity contribution in [2.24, 2.45) is 17.8 Å². The molecule has 2 bridgehead atoms. The summed E-state index contributed by atoms with van der Waals surface area (Å²) in [5, 5.41) is 15.4. The van der Waals surface area contributed by atoms with E-state index in [-0.39, 0.29) is 47.5 Å². The van der Waals surface area contributed by atoms with Crippen molar-refractivity contribution < 1.29 is 19.5 Å². The summed E-state index contributed by atoms with van der Waals surface area (Å²) in [5.74, 6) is -0.734. The van der Waals surface area contributed by atoms with Crippen LogP contribution in [-0.2, 0) is 14.4 Å². The number of aliphatic hydroxyl groups is 1. The molecular formula is C24H41N3O4S. The number of carbonyl (C=O) groups excluding carboxylic acids is 3. The van der Waals surface area contributed by atoms with E-state index in [0.29, 0.717) is 19.5 Å². The molecule has 182 valence electrons. The molecule has 3 fully saturated rings. The lowest BCUT2D eigenvalue weighted by atomic mass is 9.66. The predicted octanol–water partition coefficient (Wildman–Crippen LogP) is 2.32. The Morgan fingerprint density at radius 3 is 2.62 bits per heavy atom. The van der Waals surface area contributed by atoms with E-state index in [1.165, 1.54) is 0 Å². The minimum atomic E-state index is -0.539. The van der Waals surface area contributed by atoms with Crippen LogP contribution >= 0.6 is 11.8 Å². The Balaban J connectivity index is 1.91. The van der Waals surface area contributed by atoms with Crippen LogP contribution in [0.15, 0.2) is 0 Å². The lowest BCUT2D eigenvalue weighted by molar-refractivity contribution is -0.140. The number of fused-ring (bicyclic) bond motifs is 1. The fourth-order valence-electron chi connectivity index (χ4n) is 6.12. The number of rotatable bonds is 12. The second-order valence-corrected chi connectivity index (χ2v) is 11.4. The zero-order valence-electron chi connectivity index (χ0n) is 20.1. The average molecular weight is 468 g/mol. The Hall–Kier alpha value is -1.28. The van der Waals surface area contributed by atoms with Gasteiger partial charge in [0, 0.05) is 31.0 Å². The van der Waals surface area contributed by atoms with Crippen LogP contribution in [0.4, 0.5) is 0 Å². The second-order valence-electron chi connectivity index (χ2n) is 9.86. The first-order chi connectivity index (χ1) is 15.3. The summed E-state index contributed by atoms with van der Waals surface area (Å²) in [6.45, 7) is 9.53. The van der Waals surface area contributed by atoms with Crippen molar-refractivity contribution in [3.63, 3.8) is 0 Å². The maximum Gasteiger partial charge on any atom is 0.244 e. The molecular weight excluding hydrogens is 426 g/mol. The monoisotopic (exact) mass is 467 g/mol. The number of nitrogens with one attached hydrogen (secondary N) is 2. The molecule has 3 N–H and O–H groups in total. The molecule has 3 aliphatic rings. The SMILES string of the molecule is CCCNC(=O)[C@@H]1[C@H]2C(=O)N(CCCCCO)C(C(=O)NC(C)CCC)C23S[C@@H]1CC3C. The lowest BCUT2D eigenvalue weighted by Gasteiger charge is -2.39. The number of likely N-dealkylation sites (tertiary alicyclic amines) is 1. The van der Waals surface area contributed by atoms with Crippen LogP contribution in [0, 0.1) is 17.8 Å². The zero-order chi connectivity index (χ0) is 23.5. The first-order valence-corrected chi connectivity index (χ1v) is 13.4. The number of carbonyl (C=O) groups is 3. The normalized spacial score (nSPS) is 34.0. The van der Waals surface area contributed by atoms with E-state index in [1.807, 2.05) is 13.8 Å². The van der Waals surface area contributed by atoms with Gasteiger partial charge in [0.1, 0.15) is 6.04 Å². The molecule has 32 heavy (non-hydrogen) atoms. The third-order valence-electron chi connectivity index (χ3n) is 7.51. The van der Waals surface area contributed by atoms with Crippen LogP contribution < -0.4 is 10.6 Å². The molecule has 7 nitrogen and oxygen atoms in total. The fraction of sp³-hybridized carbons (Fsp3) is 0.875. The number of hydrogen-bond donors (Lipinski definition) is 3. The van der Waals surface area contributed by atoms with Crippen LogP contribution in [0.5, 0.6) is 0 Å². The number of thioether (sulfide) groups is 1. The molecule has 3 rings (SSSR count). The highest BCUT2D eigenvalue weighted by Crippen LogP contribution is 2.68. The Bertz CT molecular complexity index is 705. The molecule has 4 unspecified atom stereocenters. The Labute approximate surface area is 196 Å². The average Bonchev–Trinajstić information content (AvgIpc) is 3.33. The van der Waals surface area contributed by atoms with Crippen molar-refractivity contribution in [1.29, 1.82) is 0 Å². The predicted molar refractivity (Wildman–Crippen MR) is 127 cm³/mol. The number of amides is 3. The van der Waals surface area contributed by atoms with Gasteiger partial charge in [0.15, 0.2) is 0 Å². The van der Waals surface area contributed by atoms with Gasteiger partial charge in [-0.3, -0.25) is 14.4 Å². The summed E-state index contributed by atoms with van der Waals surface area (Å²) in [5.41, 5.74) is 0. The number of hydrogen-bond acceptors (Lipinski definition) is 5. The van der Waals surface area contributed by atoms with E-state index in [0.717, 1.165) is 38.5 Å². The van der Waals surface area contributed by atoms with Crippen molar-refractivity contribution >= 4 is 29.5 Å². The van der Waals surface area contributed by atoms with Gasteiger partial charge in [-0.1, -0.05) is 27.2 Å². The van der Waals surface area contributed by atoms with Crippen molar-refractivity contribution in [2.45, 2.75) is 94.7 Å². The van der Waals surface area contributed by atoms with Gasteiger partial charge in [0.05, 0.1) is 16.6 Å². The van der Waals surface area contributed by atoms with Gasteiger partial charge in [-0.2, -0.15) is 0 Å². The maximum atomic E-state index is 13.8. The third-order valence-corrected chi connectivity index (χ3v) is 9.59. The molecule has 3 heterocycles. The third kappa shape index (κ3) is 4.41. The van der Waals surface area contributed by atoms with Gasteiger partial charge in [0.2, 0.25) is 17.7 Å².